The average molecular weight is 444 g/mol. The van der Waals surface area contributed by atoms with Gasteiger partial charge in [-0.05, 0) is 68.8 Å². The van der Waals surface area contributed by atoms with Gasteiger partial charge in [0.25, 0.3) is 5.91 Å². The number of hydrogen-bond donors (Lipinski definition) is 2. The van der Waals surface area contributed by atoms with Crippen molar-refractivity contribution in [3.63, 3.8) is 0 Å². The lowest BCUT2D eigenvalue weighted by atomic mass is 9.91. The number of rotatable bonds is 9. The molecule has 0 bridgehead atoms. The normalized spacial score (nSPS) is 10.4. The largest absolute Gasteiger partial charge is 0.497 e. The number of nitrogens with zero attached hydrogens (tertiary/aromatic N) is 1. The van der Waals surface area contributed by atoms with E-state index in [4.69, 9.17) is 10.1 Å². The highest BCUT2D eigenvalue weighted by atomic mass is 16.5. The van der Waals surface area contributed by atoms with Crippen molar-refractivity contribution in [2.24, 2.45) is 0 Å². The zero-order chi connectivity index (χ0) is 24.0. The molecule has 0 heterocycles. The zero-order valence-corrected chi connectivity index (χ0v) is 19.4. The maximum absolute atomic E-state index is 13.6. The lowest BCUT2D eigenvalue weighted by Crippen LogP contribution is -2.27. The first-order valence-corrected chi connectivity index (χ1v) is 10.9. The molecule has 0 aliphatic rings. The van der Waals surface area contributed by atoms with Crippen molar-refractivity contribution in [2.75, 3.05) is 30.4 Å². The Morgan fingerprint density at radius 2 is 1.58 bits per heavy atom. The smallest absolute Gasteiger partial charge is 0.274 e. The van der Waals surface area contributed by atoms with Gasteiger partial charge in [0.2, 0.25) is 0 Å². The summed E-state index contributed by atoms with van der Waals surface area (Å²) in [5.41, 5.74) is 3.26. The lowest BCUT2D eigenvalue weighted by molar-refractivity contribution is -0.110. The fraction of sp³-hybridized carbons (Fsp3) is 0.222. The molecule has 0 atom stereocenters. The Kier molecular flexibility index (Phi) is 7.61. The van der Waals surface area contributed by atoms with Crippen LogP contribution in [0.1, 0.15) is 40.9 Å². The minimum absolute atomic E-state index is 0.157. The fourth-order valence-corrected chi connectivity index (χ4v) is 3.81. The van der Waals surface area contributed by atoms with Crippen molar-refractivity contribution < 1.29 is 14.3 Å². The second-order valence-electron chi connectivity index (χ2n) is 7.56. The quantitative estimate of drug-likeness (QED) is 0.357. The Balaban J connectivity index is 2.05. The van der Waals surface area contributed by atoms with Crippen LogP contribution in [0.2, 0.25) is 0 Å². The molecular formula is C27H29N3O3. The van der Waals surface area contributed by atoms with E-state index in [2.05, 4.69) is 10.2 Å². The highest BCUT2D eigenvalue weighted by molar-refractivity contribution is 6.48. The molecular weight excluding hydrogens is 414 g/mol. The summed E-state index contributed by atoms with van der Waals surface area (Å²) in [5.74, 6) is -0.0155. The van der Waals surface area contributed by atoms with Crippen molar-refractivity contribution in [1.29, 1.82) is 5.41 Å². The first-order valence-electron chi connectivity index (χ1n) is 10.9. The van der Waals surface area contributed by atoms with Crippen LogP contribution in [0.3, 0.4) is 0 Å². The van der Waals surface area contributed by atoms with Gasteiger partial charge in [0.05, 0.1) is 7.11 Å². The van der Waals surface area contributed by atoms with Crippen LogP contribution in [0.25, 0.3) is 0 Å². The molecule has 0 aromatic heterocycles. The number of carbonyl (C=O) groups excluding carboxylic acids is 2. The van der Waals surface area contributed by atoms with Crippen LogP contribution in [0.15, 0.2) is 66.7 Å². The summed E-state index contributed by atoms with van der Waals surface area (Å²) in [6.45, 7) is 7.31. The van der Waals surface area contributed by atoms with Gasteiger partial charge in [-0.3, -0.25) is 15.0 Å². The molecule has 3 aromatic carbocycles. The van der Waals surface area contributed by atoms with E-state index in [1.807, 2.05) is 38.1 Å². The van der Waals surface area contributed by atoms with Gasteiger partial charge in [-0.2, -0.15) is 0 Å². The summed E-state index contributed by atoms with van der Waals surface area (Å²) in [4.78, 5) is 28.5. The topological polar surface area (TPSA) is 82.5 Å². The molecule has 1 amide bonds. The number of amides is 1. The van der Waals surface area contributed by atoms with Crippen molar-refractivity contribution in [3.8, 4) is 5.75 Å². The van der Waals surface area contributed by atoms with Gasteiger partial charge in [0, 0.05) is 41.2 Å². The summed E-state index contributed by atoms with van der Waals surface area (Å²) in [6.07, 6.45) is 0. The fourth-order valence-electron chi connectivity index (χ4n) is 3.81. The number of ether oxygens (including phenoxy) is 1. The van der Waals surface area contributed by atoms with E-state index >= 15 is 0 Å². The van der Waals surface area contributed by atoms with E-state index in [-0.39, 0.29) is 11.5 Å². The third kappa shape index (κ3) is 5.12. The molecule has 33 heavy (non-hydrogen) atoms. The van der Waals surface area contributed by atoms with Crippen LogP contribution < -0.4 is 15.0 Å². The van der Waals surface area contributed by atoms with E-state index in [1.165, 1.54) is 0 Å². The third-order valence-electron chi connectivity index (χ3n) is 5.65. The molecule has 0 saturated carbocycles. The first-order chi connectivity index (χ1) is 15.9. The summed E-state index contributed by atoms with van der Waals surface area (Å²) in [5, 5.41) is 11.3. The molecule has 6 nitrogen and oxygen atoms in total. The summed E-state index contributed by atoms with van der Waals surface area (Å²) in [7, 11) is 1.58. The van der Waals surface area contributed by atoms with E-state index in [0.29, 0.717) is 33.7 Å². The standard InChI is InChI=1S/C27H29N3O3/c1-5-30(6-2)23-17-16-22(25(28)27(32)29-20-10-8-7-9-11-20)18(3)24(23)26(31)19-12-14-21(33-4)15-13-19/h7-17,28H,5-6H2,1-4H3,(H,29,32). The number of para-hydroxylation sites is 1. The Hall–Kier alpha value is -3.93. The predicted octanol–water partition coefficient (Wildman–Crippen LogP) is 5.09. The second-order valence-corrected chi connectivity index (χ2v) is 7.56. The number of hydrogen-bond acceptors (Lipinski definition) is 5. The highest BCUT2D eigenvalue weighted by Crippen LogP contribution is 2.30. The maximum atomic E-state index is 13.6. The van der Waals surface area contributed by atoms with E-state index in [1.54, 1.807) is 56.5 Å². The van der Waals surface area contributed by atoms with Crippen molar-refractivity contribution in [3.05, 3.63) is 89.0 Å². The number of nitrogens with one attached hydrogen (secondary N) is 2. The van der Waals surface area contributed by atoms with Gasteiger partial charge in [-0.1, -0.05) is 24.3 Å². The van der Waals surface area contributed by atoms with Gasteiger partial charge in [0.15, 0.2) is 5.78 Å². The summed E-state index contributed by atoms with van der Waals surface area (Å²) >= 11 is 0. The minimum atomic E-state index is -0.525. The van der Waals surface area contributed by atoms with Gasteiger partial charge < -0.3 is 15.0 Å². The molecule has 0 radical (unpaired) electrons. The Bertz CT molecular complexity index is 1150. The molecule has 0 saturated heterocycles. The molecule has 0 aliphatic heterocycles. The zero-order valence-electron chi connectivity index (χ0n) is 19.4. The molecule has 3 aromatic rings. The van der Waals surface area contributed by atoms with E-state index < -0.39 is 5.91 Å². The molecule has 0 aliphatic carbocycles. The summed E-state index contributed by atoms with van der Waals surface area (Å²) < 4.78 is 5.21. The van der Waals surface area contributed by atoms with Crippen LogP contribution in [0.4, 0.5) is 11.4 Å². The van der Waals surface area contributed by atoms with Crippen molar-refractivity contribution in [1.82, 2.24) is 0 Å². The predicted molar refractivity (Wildman–Crippen MR) is 133 cm³/mol. The molecule has 0 fully saturated rings. The molecule has 170 valence electrons. The van der Waals surface area contributed by atoms with Crippen LogP contribution >= 0.6 is 0 Å². The van der Waals surface area contributed by atoms with Crippen molar-refractivity contribution in [2.45, 2.75) is 20.8 Å². The maximum Gasteiger partial charge on any atom is 0.274 e. The minimum Gasteiger partial charge on any atom is -0.497 e. The van der Waals surface area contributed by atoms with E-state index in [0.717, 1.165) is 18.8 Å². The second kappa shape index (κ2) is 10.6. The SMILES string of the molecule is CCN(CC)c1ccc(C(=N)C(=O)Nc2ccccc2)c(C)c1C(=O)c1ccc(OC)cc1. The number of methoxy groups -OCH3 is 1. The molecule has 2 N–H and O–H groups in total. The molecule has 0 spiro atoms. The van der Waals surface area contributed by atoms with Crippen molar-refractivity contribution >= 4 is 28.8 Å². The van der Waals surface area contributed by atoms with Gasteiger partial charge >= 0.3 is 0 Å². The Labute approximate surface area is 194 Å². The van der Waals surface area contributed by atoms with Crippen LogP contribution in [-0.2, 0) is 4.79 Å². The first kappa shape index (κ1) is 23.7. The average Bonchev–Trinajstić information content (AvgIpc) is 2.85. The molecule has 6 heteroatoms. The highest BCUT2D eigenvalue weighted by Gasteiger charge is 2.24. The van der Waals surface area contributed by atoms with Crippen LogP contribution in [-0.4, -0.2) is 37.6 Å². The number of carbonyl (C=O) groups is 2. The monoisotopic (exact) mass is 443 g/mol. The molecule has 3 rings (SSSR count). The number of anilines is 2. The van der Waals surface area contributed by atoms with Gasteiger partial charge in [0.1, 0.15) is 11.5 Å². The number of benzene rings is 3. The Morgan fingerprint density at radius 1 is 0.939 bits per heavy atom. The summed E-state index contributed by atoms with van der Waals surface area (Å²) in [6, 6.07) is 19.5. The molecule has 0 unspecified atom stereocenters. The Morgan fingerprint density at radius 3 is 2.15 bits per heavy atom. The third-order valence-corrected chi connectivity index (χ3v) is 5.65. The lowest BCUT2D eigenvalue weighted by Gasteiger charge is -2.26. The van der Waals surface area contributed by atoms with E-state index in [9.17, 15) is 9.59 Å². The van der Waals surface area contributed by atoms with Gasteiger partial charge in [-0.25, -0.2) is 0 Å². The van der Waals surface area contributed by atoms with Crippen LogP contribution in [0, 0.1) is 12.3 Å². The number of ketones is 1. The van der Waals surface area contributed by atoms with Gasteiger partial charge in [-0.15, -0.1) is 0 Å². The van der Waals surface area contributed by atoms with Crippen LogP contribution in [0.5, 0.6) is 5.75 Å².